The molecule has 7 nitrogen and oxygen atoms in total. The smallest absolute Gasteiger partial charge is 0.267 e. The number of aryl methyl sites for hydroxylation is 1. The third-order valence-electron chi connectivity index (χ3n) is 6.13. The number of nitrogens with one attached hydrogen (secondary N) is 2. The van der Waals surface area contributed by atoms with Gasteiger partial charge < -0.3 is 9.88 Å². The molecule has 0 aliphatic rings. The minimum absolute atomic E-state index is 0.0460. The lowest BCUT2D eigenvalue weighted by molar-refractivity contribution is 0.0950. The van der Waals surface area contributed by atoms with Crippen LogP contribution in [0.1, 0.15) is 60.5 Å². The van der Waals surface area contributed by atoms with Crippen LogP contribution in [0.2, 0.25) is 0 Å². The van der Waals surface area contributed by atoms with Gasteiger partial charge in [0, 0.05) is 12.7 Å². The maximum Gasteiger partial charge on any atom is 0.267 e. The molecule has 2 N–H and O–H groups in total. The number of carbonyl (C=O) groups excluding carboxylic acids is 1. The Morgan fingerprint density at radius 1 is 1.03 bits per heavy atom. The monoisotopic (exact) mass is 457 g/mol. The second-order valence-electron chi connectivity index (χ2n) is 8.69. The maximum absolute atomic E-state index is 13.4. The largest absolute Gasteiger partial charge is 0.352 e. The second kappa shape index (κ2) is 10.5. The third-order valence-corrected chi connectivity index (χ3v) is 6.13. The fourth-order valence-electron chi connectivity index (χ4n) is 4.22. The van der Waals surface area contributed by atoms with Gasteiger partial charge in [0.25, 0.3) is 11.5 Å². The number of pyridine rings is 2. The van der Waals surface area contributed by atoms with Crippen molar-refractivity contribution >= 4 is 22.6 Å². The van der Waals surface area contributed by atoms with Crippen molar-refractivity contribution in [2.75, 3.05) is 6.54 Å². The summed E-state index contributed by atoms with van der Waals surface area (Å²) in [6.45, 7) is 4.96. The molecule has 1 amide bonds. The van der Waals surface area contributed by atoms with Crippen molar-refractivity contribution < 1.29 is 4.79 Å². The zero-order valence-electron chi connectivity index (χ0n) is 19.8. The quantitative estimate of drug-likeness (QED) is 0.292. The minimum Gasteiger partial charge on any atom is -0.352 e. The van der Waals surface area contributed by atoms with Crippen LogP contribution < -0.4 is 16.4 Å². The van der Waals surface area contributed by atoms with E-state index in [0.717, 1.165) is 30.4 Å². The van der Waals surface area contributed by atoms with Crippen LogP contribution in [0.5, 0.6) is 0 Å². The third kappa shape index (κ3) is 4.78. The van der Waals surface area contributed by atoms with Crippen LogP contribution in [0, 0.1) is 12.3 Å². The van der Waals surface area contributed by atoms with Crippen molar-refractivity contribution in [2.45, 2.75) is 52.5 Å². The van der Waals surface area contributed by atoms with E-state index in [4.69, 9.17) is 10.4 Å². The Bertz CT molecular complexity index is 1440. The van der Waals surface area contributed by atoms with Gasteiger partial charge in [-0.25, -0.2) is 4.98 Å². The molecule has 0 aliphatic heterocycles. The minimum atomic E-state index is -0.335. The first-order valence-electron chi connectivity index (χ1n) is 11.9. The normalized spacial score (nSPS) is 11.2. The Morgan fingerprint density at radius 3 is 2.56 bits per heavy atom. The molecule has 0 unspecified atom stereocenters. The van der Waals surface area contributed by atoms with Crippen LogP contribution in [0.25, 0.3) is 16.7 Å². The van der Waals surface area contributed by atoms with Gasteiger partial charge in [-0.3, -0.25) is 19.4 Å². The van der Waals surface area contributed by atoms with Gasteiger partial charge in [0.1, 0.15) is 16.8 Å². The predicted octanol–water partition coefficient (Wildman–Crippen LogP) is 4.19. The van der Waals surface area contributed by atoms with E-state index >= 15 is 0 Å². The summed E-state index contributed by atoms with van der Waals surface area (Å²) in [6, 6.07) is 14.9. The average molecular weight is 458 g/mol. The van der Waals surface area contributed by atoms with E-state index in [2.05, 4.69) is 12.2 Å². The number of aromatic nitrogens is 3. The van der Waals surface area contributed by atoms with Crippen molar-refractivity contribution in [3.63, 3.8) is 0 Å². The summed E-state index contributed by atoms with van der Waals surface area (Å²) in [5.74, 6) is -0.335. The van der Waals surface area contributed by atoms with E-state index in [-0.39, 0.29) is 22.5 Å². The molecule has 0 saturated carbocycles. The summed E-state index contributed by atoms with van der Waals surface area (Å²) >= 11 is 0. The number of nitrogens with zero attached hydrogens (tertiary/aromatic N) is 3. The molecule has 0 atom stereocenters. The van der Waals surface area contributed by atoms with Gasteiger partial charge in [-0.05, 0) is 36.6 Å². The van der Waals surface area contributed by atoms with Gasteiger partial charge in [-0.1, -0.05) is 69.0 Å². The molecule has 4 rings (SSSR count). The molecule has 0 saturated heterocycles. The highest BCUT2D eigenvalue weighted by atomic mass is 16.1. The van der Waals surface area contributed by atoms with E-state index in [0.29, 0.717) is 29.8 Å². The standard InChI is InChI=1S/C27H31N5O2/c1-3-4-5-6-10-15-29-26(33)21-17-22-25(30-24-19(2)12-11-16-31(24)27(22)34)32(23(21)28)18-20-13-8-7-9-14-20/h7-9,11-14,16-17,28H,3-6,10,15,18H2,1-2H3,(H,29,33). The Hall–Kier alpha value is -3.74. The molecule has 34 heavy (non-hydrogen) atoms. The Kier molecular flexibility index (Phi) is 7.21. The van der Waals surface area contributed by atoms with E-state index < -0.39 is 0 Å². The summed E-state index contributed by atoms with van der Waals surface area (Å²) in [5.41, 5.74) is 2.76. The number of hydrogen-bond acceptors (Lipinski definition) is 4. The molecule has 0 radical (unpaired) electrons. The lowest BCUT2D eigenvalue weighted by Crippen LogP contribution is -2.35. The van der Waals surface area contributed by atoms with Gasteiger partial charge in [0.05, 0.1) is 17.5 Å². The number of hydrogen-bond donors (Lipinski definition) is 2. The van der Waals surface area contributed by atoms with E-state index in [1.54, 1.807) is 16.8 Å². The first-order chi connectivity index (χ1) is 16.5. The zero-order valence-corrected chi connectivity index (χ0v) is 19.8. The summed E-state index contributed by atoms with van der Waals surface area (Å²) in [4.78, 5) is 31.2. The van der Waals surface area contributed by atoms with Gasteiger partial charge in [0.2, 0.25) is 0 Å². The molecule has 0 spiro atoms. The Balaban J connectivity index is 1.80. The van der Waals surface area contributed by atoms with Crippen LogP contribution in [0.15, 0.2) is 59.5 Å². The van der Waals surface area contributed by atoms with E-state index in [1.807, 2.05) is 43.3 Å². The van der Waals surface area contributed by atoms with Gasteiger partial charge in [0.15, 0.2) is 0 Å². The fourth-order valence-corrected chi connectivity index (χ4v) is 4.22. The molecular formula is C27H31N5O2. The maximum atomic E-state index is 13.4. The highest BCUT2D eigenvalue weighted by Crippen LogP contribution is 2.14. The first kappa shape index (κ1) is 23.4. The van der Waals surface area contributed by atoms with Crippen LogP contribution in [-0.4, -0.2) is 26.4 Å². The topological polar surface area (TPSA) is 92.2 Å². The summed E-state index contributed by atoms with van der Waals surface area (Å²) in [7, 11) is 0. The van der Waals surface area contributed by atoms with Crippen LogP contribution >= 0.6 is 0 Å². The number of carbonyl (C=O) groups is 1. The van der Waals surface area contributed by atoms with E-state index in [9.17, 15) is 9.59 Å². The Morgan fingerprint density at radius 2 is 1.79 bits per heavy atom. The molecule has 176 valence electrons. The summed E-state index contributed by atoms with van der Waals surface area (Å²) in [6.07, 6.45) is 7.15. The van der Waals surface area contributed by atoms with Crippen LogP contribution in [-0.2, 0) is 6.54 Å². The average Bonchev–Trinajstić information content (AvgIpc) is 2.84. The van der Waals surface area contributed by atoms with Gasteiger partial charge in [-0.2, -0.15) is 0 Å². The molecular weight excluding hydrogens is 426 g/mol. The lowest BCUT2D eigenvalue weighted by Gasteiger charge is -2.15. The summed E-state index contributed by atoms with van der Waals surface area (Å²) < 4.78 is 3.16. The molecule has 1 aromatic carbocycles. The van der Waals surface area contributed by atoms with Crippen molar-refractivity contribution in [1.82, 2.24) is 19.3 Å². The van der Waals surface area contributed by atoms with Gasteiger partial charge in [-0.15, -0.1) is 0 Å². The number of fused-ring (bicyclic) bond motifs is 2. The van der Waals surface area contributed by atoms with E-state index in [1.165, 1.54) is 23.3 Å². The number of unbranched alkanes of at least 4 members (excludes halogenated alkanes) is 4. The predicted molar refractivity (Wildman–Crippen MR) is 134 cm³/mol. The van der Waals surface area contributed by atoms with Gasteiger partial charge >= 0.3 is 0 Å². The van der Waals surface area contributed by atoms with Crippen molar-refractivity contribution in [3.05, 3.63) is 87.3 Å². The second-order valence-corrected chi connectivity index (χ2v) is 8.69. The zero-order chi connectivity index (χ0) is 24.1. The Labute approximate surface area is 198 Å². The summed E-state index contributed by atoms with van der Waals surface area (Å²) in [5, 5.41) is 12.1. The van der Waals surface area contributed by atoms with Crippen molar-refractivity contribution in [3.8, 4) is 0 Å². The lowest BCUT2D eigenvalue weighted by atomic mass is 10.1. The van der Waals surface area contributed by atoms with Crippen molar-refractivity contribution in [1.29, 1.82) is 5.41 Å². The number of benzene rings is 1. The van der Waals surface area contributed by atoms with Crippen LogP contribution in [0.3, 0.4) is 0 Å². The highest BCUT2D eigenvalue weighted by molar-refractivity contribution is 5.96. The molecule has 3 heterocycles. The molecule has 0 bridgehead atoms. The van der Waals surface area contributed by atoms with Crippen molar-refractivity contribution in [2.24, 2.45) is 0 Å². The fraction of sp³-hybridized carbons (Fsp3) is 0.333. The molecule has 0 fully saturated rings. The molecule has 7 heteroatoms. The SMILES string of the molecule is CCCCCCCNC(=O)c1cc2c(=O)n3cccc(C)c3nc2n(Cc2ccccc2)c1=N. The van der Waals surface area contributed by atoms with Crippen LogP contribution in [0.4, 0.5) is 0 Å². The molecule has 0 aliphatic carbocycles. The number of amides is 1. The molecule has 3 aromatic heterocycles. The number of rotatable bonds is 9. The highest BCUT2D eigenvalue weighted by Gasteiger charge is 2.18. The molecule has 4 aromatic rings. The first-order valence-corrected chi connectivity index (χ1v) is 11.9.